The van der Waals surface area contributed by atoms with E-state index >= 15 is 0 Å². The molecule has 0 fully saturated rings. The summed E-state index contributed by atoms with van der Waals surface area (Å²) >= 11 is 0. The summed E-state index contributed by atoms with van der Waals surface area (Å²) in [5.74, 6) is 0.525. The van der Waals surface area contributed by atoms with Crippen LogP contribution in [-0.4, -0.2) is 15.1 Å². The molecule has 118 valence electrons. The summed E-state index contributed by atoms with van der Waals surface area (Å²) in [6.45, 7) is 5.68. The first-order chi connectivity index (χ1) is 10.8. The highest BCUT2D eigenvalue weighted by Crippen LogP contribution is 2.42. The largest absolute Gasteiger partial charge is 0.483 e. The molecule has 3 rings (SSSR count). The van der Waals surface area contributed by atoms with Crippen LogP contribution in [0.3, 0.4) is 0 Å². The van der Waals surface area contributed by atoms with Crippen LogP contribution in [0.5, 0.6) is 5.75 Å². The normalized spacial score (nSPS) is 15.8. The van der Waals surface area contributed by atoms with E-state index in [0.717, 1.165) is 5.57 Å². The van der Waals surface area contributed by atoms with Gasteiger partial charge in [-0.1, -0.05) is 6.07 Å². The van der Waals surface area contributed by atoms with Crippen LogP contribution in [0.4, 0.5) is 5.69 Å². The van der Waals surface area contributed by atoms with Gasteiger partial charge in [-0.2, -0.15) is 0 Å². The maximum absolute atomic E-state index is 12.3. The van der Waals surface area contributed by atoms with Crippen molar-refractivity contribution in [1.29, 1.82) is 0 Å². The Morgan fingerprint density at radius 3 is 2.61 bits per heavy atom. The zero-order valence-electron chi connectivity index (χ0n) is 13.1. The van der Waals surface area contributed by atoms with Gasteiger partial charge in [0.15, 0.2) is 0 Å². The van der Waals surface area contributed by atoms with Crippen LogP contribution in [0.1, 0.15) is 26.3 Å². The minimum Gasteiger partial charge on any atom is -0.483 e. The lowest BCUT2D eigenvalue weighted by molar-refractivity contribution is -0.384. The van der Waals surface area contributed by atoms with Crippen molar-refractivity contribution in [2.24, 2.45) is 0 Å². The number of non-ortho nitro benzene ring substituents is 1. The molecule has 0 amide bonds. The molecule has 0 aliphatic carbocycles. The van der Waals surface area contributed by atoms with E-state index in [9.17, 15) is 14.9 Å². The van der Waals surface area contributed by atoms with Gasteiger partial charge >= 0.3 is 0 Å². The minimum atomic E-state index is -0.617. The fourth-order valence-electron chi connectivity index (χ4n) is 2.67. The predicted octanol–water partition coefficient (Wildman–Crippen LogP) is 3.21. The summed E-state index contributed by atoms with van der Waals surface area (Å²) in [6.07, 6.45) is 1.66. The highest BCUT2D eigenvalue weighted by Gasteiger charge is 2.34. The van der Waals surface area contributed by atoms with E-state index in [1.807, 2.05) is 20.8 Å². The minimum absolute atomic E-state index is 0.0404. The molecule has 0 saturated heterocycles. The van der Waals surface area contributed by atoms with Crippen LogP contribution >= 0.6 is 0 Å². The summed E-state index contributed by atoms with van der Waals surface area (Å²) in [5, 5.41) is 11.1. The SMILES string of the molecule is CC1=C(n2ccccc2=O)c2cc([N+](=O)[O-])ccc2OC1(C)C. The topological polar surface area (TPSA) is 74.4 Å². The summed E-state index contributed by atoms with van der Waals surface area (Å²) in [4.78, 5) is 22.9. The number of ether oxygens (including phenoxy) is 1. The smallest absolute Gasteiger partial charge is 0.270 e. The van der Waals surface area contributed by atoms with Crippen LogP contribution in [0.15, 0.2) is 53.0 Å². The molecule has 2 heterocycles. The quantitative estimate of drug-likeness (QED) is 0.630. The Bertz CT molecular complexity index is 893. The van der Waals surface area contributed by atoms with Crippen molar-refractivity contribution in [2.45, 2.75) is 26.4 Å². The fourth-order valence-corrected chi connectivity index (χ4v) is 2.67. The summed E-state index contributed by atoms with van der Waals surface area (Å²) in [5.41, 5.74) is 1.15. The van der Waals surface area contributed by atoms with Crippen molar-refractivity contribution in [2.75, 3.05) is 0 Å². The van der Waals surface area contributed by atoms with Crippen LogP contribution in [-0.2, 0) is 0 Å². The van der Waals surface area contributed by atoms with Crippen molar-refractivity contribution in [3.63, 3.8) is 0 Å². The maximum Gasteiger partial charge on any atom is 0.270 e. The van der Waals surface area contributed by atoms with Crippen molar-refractivity contribution >= 4 is 11.4 Å². The zero-order chi connectivity index (χ0) is 16.8. The van der Waals surface area contributed by atoms with E-state index < -0.39 is 10.5 Å². The molecule has 2 aromatic rings. The molecule has 0 radical (unpaired) electrons. The third kappa shape index (κ3) is 2.42. The van der Waals surface area contributed by atoms with Gasteiger partial charge in [0.2, 0.25) is 0 Å². The molecular formula is C17H16N2O4. The Morgan fingerprint density at radius 2 is 1.96 bits per heavy atom. The molecule has 23 heavy (non-hydrogen) atoms. The first kappa shape index (κ1) is 15.0. The molecule has 0 atom stereocenters. The predicted molar refractivity (Wildman–Crippen MR) is 86.5 cm³/mol. The molecule has 0 N–H and O–H groups in total. The molecule has 1 aliphatic rings. The third-order valence-electron chi connectivity index (χ3n) is 4.12. The molecule has 0 saturated carbocycles. The molecule has 1 aromatic heterocycles. The number of aromatic nitrogens is 1. The van der Waals surface area contributed by atoms with E-state index in [1.165, 1.54) is 22.8 Å². The molecule has 1 aromatic carbocycles. The standard InChI is InChI=1S/C17H16N2O4/c1-11-16(18-9-5-4-6-15(18)20)13-10-12(19(21)22)7-8-14(13)23-17(11,2)3/h4-10H,1-3H3. The Kier molecular flexibility index (Phi) is 3.32. The number of nitrogens with zero attached hydrogens (tertiary/aromatic N) is 2. The van der Waals surface area contributed by atoms with Crippen LogP contribution in [0, 0.1) is 10.1 Å². The third-order valence-corrected chi connectivity index (χ3v) is 4.12. The van der Waals surface area contributed by atoms with Crippen molar-refractivity contribution in [3.8, 4) is 5.75 Å². The molecule has 6 heteroatoms. The van der Waals surface area contributed by atoms with E-state index in [-0.39, 0.29) is 11.2 Å². The Balaban J connectivity index is 2.35. The Labute approximate surface area is 132 Å². The summed E-state index contributed by atoms with van der Waals surface area (Å²) in [7, 11) is 0. The van der Waals surface area contributed by atoms with Crippen LogP contribution < -0.4 is 10.3 Å². The highest BCUT2D eigenvalue weighted by molar-refractivity contribution is 5.77. The number of pyridine rings is 1. The van der Waals surface area contributed by atoms with Gasteiger partial charge in [-0.25, -0.2) is 0 Å². The second-order valence-electron chi connectivity index (χ2n) is 5.93. The van der Waals surface area contributed by atoms with Gasteiger partial charge in [-0.3, -0.25) is 19.5 Å². The first-order valence-corrected chi connectivity index (χ1v) is 7.18. The summed E-state index contributed by atoms with van der Waals surface area (Å²) in [6, 6.07) is 9.30. The van der Waals surface area contributed by atoms with Crippen molar-refractivity contribution in [3.05, 3.63) is 74.2 Å². The fraction of sp³-hybridized carbons (Fsp3) is 0.235. The van der Waals surface area contributed by atoms with E-state index in [2.05, 4.69) is 0 Å². The summed E-state index contributed by atoms with van der Waals surface area (Å²) < 4.78 is 7.46. The lowest BCUT2D eigenvalue weighted by Crippen LogP contribution is -2.36. The van der Waals surface area contributed by atoms with Crippen molar-refractivity contribution in [1.82, 2.24) is 4.57 Å². The highest BCUT2D eigenvalue weighted by atomic mass is 16.6. The van der Waals surface area contributed by atoms with Gasteiger partial charge in [0.1, 0.15) is 11.4 Å². The van der Waals surface area contributed by atoms with Crippen LogP contribution in [0.2, 0.25) is 0 Å². The maximum atomic E-state index is 12.3. The Morgan fingerprint density at radius 1 is 1.22 bits per heavy atom. The van der Waals surface area contributed by atoms with E-state index in [1.54, 1.807) is 24.4 Å². The molecule has 0 bridgehead atoms. The van der Waals surface area contributed by atoms with Crippen LogP contribution in [0.25, 0.3) is 5.70 Å². The first-order valence-electron chi connectivity index (χ1n) is 7.18. The number of nitro groups is 1. The lowest BCUT2D eigenvalue weighted by Gasteiger charge is -2.35. The van der Waals surface area contributed by atoms with Crippen molar-refractivity contribution < 1.29 is 9.66 Å². The number of nitro benzene ring substituents is 1. The number of fused-ring (bicyclic) bond motifs is 1. The molecule has 6 nitrogen and oxygen atoms in total. The van der Waals surface area contributed by atoms with Gasteiger partial charge in [-0.05, 0) is 38.5 Å². The Hall–Kier alpha value is -2.89. The van der Waals surface area contributed by atoms with Gasteiger partial charge in [0.25, 0.3) is 11.2 Å². The van der Waals surface area contributed by atoms with Gasteiger partial charge in [-0.15, -0.1) is 0 Å². The zero-order valence-corrected chi connectivity index (χ0v) is 13.1. The second-order valence-corrected chi connectivity index (χ2v) is 5.93. The monoisotopic (exact) mass is 312 g/mol. The van der Waals surface area contributed by atoms with E-state index in [4.69, 9.17) is 4.74 Å². The number of hydrogen-bond acceptors (Lipinski definition) is 4. The van der Waals surface area contributed by atoms with E-state index in [0.29, 0.717) is 17.0 Å². The molecule has 0 spiro atoms. The average molecular weight is 312 g/mol. The molecule has 0 unspecified atom stereocenters. The number of hydrogen-bond donors (Lipinski definition) is 0. The van der Waals surface area contributed by atoms with Gasteiger partial charge in [0.05, 0.1) is 10.6 Å². The van der Waals surface area contributed by atoms with Gasteiger partial charge in [0, 0.05) is 30.0 Å². The average Bonchev–Trinajstić information content (AvgIpc) is 2.49. The molecule has 1 aliphatic heterocycles. The lowest BCUT2D eigenvalue weighted by atomic mass is 9.90. The molecular weight excluding hydrogens is 296 g/mol. The number of benzene rings is 1. The second kappa shape index (κ2) is 5.08. The number of rotatable bonds is 2. The van der Waals surface area contributed by atoms with Gasteiger partial charge < -0.3 is 4.74 Å².